The van der Waals surface area contributed by atoms with Gasteiger partial charge in [0.2, 0.25) is 5.91 Å². The van der Waals surface area contributed by atoms with Crippen molar-refractivity contribution in [3.63, 3.8) is 0 Å². The Morgan fingerprint density at radius 2 is 1.67 bits per heavy atom. The molecule has 0 spiro atoms. The number of benzene rings is 1. The van der Waals surface area contributed by atoms with Gasteiger partial charge in [0.25, 0.3) is 0 Å². The molecule has 0 bridgehead atoms. The number of amides is 1. The minimum absolute atomic E-state index is 0.0376. The third-order valence-corrected chi connectivity index (χ3v) is 5.32. The Kier molecular flexibility index (Phi) is 7.57. The average molecular weight is 373 g/mol. The predicted octanol–water partition coefficient (Wildman–Crippen LogP) is 3.69. The zero-order valence-electron chi connectivity index (χ0n) is 16.8. The van der Waals surface area contributed by atoms with Crippen LogP contribution in [0.1, 0.15) is 62.4 Å². The van der Waals surface area contributed by atoms with Crippen molar-refractivity contribution in [1.29, 1.82) is 0 Å². The second kappa shape index (κ2) is 9.67. The lowest BCUT2D eigenvalue weighted by molar-refractivity contribution is -0.148. The molecule has 1 unspecified atom stereocenters. The van der Waals surface area contributed by atoms with E-state index in [0.717, 1.165) is 31.2 Å². The minimum Gasteiger partial charge on any atom is -0.456 e. The standard InChI is InChI=1S/C22H31NO4/c1-14(2)20(23-21(25)18-11-7-16(4)8-12-18)22(26)27-13-19(24)17-9-5-15(3)6-10-17/h5-6,9-10,14,16,18,20H,7-8,11-13H2,1-4H3,(H,23,25). The van der Waals surface area contributed by atoms with Gasteiger partial charge in [-0.15, -0.1) is 0 Å². The number of rotatable bonds is 7. The second-order valence-electron chi connectivity index (χ2n) is 8.08. The number of hydrogen-bond acceptors (Lipinski definition) is 4. The van der Waals surface area contributed by atoms with Gasteiger partial charge in [-0.2, -0.15) is 0 Å². The van der Waals surface area contributed by atoms with Crippen LogP contribution in [0.4, 0.5) is 0 Å². The van der Waals surface area contributed by atoms with Crippen LogP contribution >= 0.6 is 0 Å². The summed E-state index contributed by atoms with van der Waals surface area (Å²) in [5.41, 5.74) is 1.57. The molecule has 1 aliphatic carbocycles. The molecule has 1 saturated carbocycles. The molecule has 5 heteroatoms. The molecule has 1 aliphatic rings. The third kappa shape index (κ3) is 6.19. The molecule has 1 amide bonds. The Hall–Kier alpha value is -2.17. The van der Waals surface area contributed by atoms with E-state index in [2.05, 4.69) is 12.2 Å². The highest BCUT2D eigenvalue weighted by atomic mass is 16.5. The zero-order valence-corrected chi connectivity index (χ0v) is 16.8. The molecule has 1 fully saturated rings. The summed E-state index contributed by atoms with van der Waals surface area (Å²) >= 11 is 0. The second-order valence-corrected chi connectivity index (χ2v) is 8.08. The monoisotopic (exact) mass is 373 g/mol. The maximum Gasteiger partial charge on any atom is 0.329 e. The van der Waals surface area contributed by atoms with Gasteiger partial charge in [-0.05, 0) is 44.4 Å². The van der Waals surface area contributed by atoms with Crippen molar-refractivity contribution < 1.29 is 19.1 Å². The minimum atomic E-state index is -0.734. The summed E-state index contributed by atoms with van der Waals surface area (Å²) in [7, 11) is 0. The third-order valence-electron chi connectivity index (χ3n) is 5.32. The van der Waals surface area contributed by atoms with Gasteiger partial charge in [0.05, 0.1) is 0 Å². The van der Waals surface area contributed by atoms with Gasteiger partial charge < -0.3 is 10.1 Å². The number of ether oxygens (including phenoxy) is 1. The first kappa shape index (κ1) is 21.1. The van der Waals surface area contributed by atoms with Gasteiger partial charge in [0.15, 0.2) is 12.4 Å². The summed E-state index contributed by atoms with van der Waals surface area (Å²) in [5.74, 6) is -0.376. The van der Waals surface area contributed by atoms with Crippen LogP contribution in [0.5, 0.6) is 0 Å². The highest BCUT2D eigenvalue weighted by Gasteiger charge is 2.31. The number of aryl methyl sites for hydroxylation is 1. The van der Waals surface area contributed by atoms with Crippen molar-refractivity contribution >= 4 is 17.7 Å². The lowest BCUT2D eigenvalue weighted by Gasteiger charge is -2.28. The normalized spacial score (nSPS) is 20.8. The fourth-order valence-corrected chi connectivity index (χ4v) is 3.34. The zero-order chi connectivity index (χ0) is 20.0. The quantitative estimate of drug-likeness (QED) is 0.584. The summed E-state index contributed by atoms with van der Waals surface area (Å²) in [6.45, 7) is 7.54. The fourth-order valence-electron chi connectivity index (χ4n) is 3.34. The van der Waals surface area contributed by atoms with E-state index >= 15 is 0 Å². The molecule has 1 atom stereocenters. The van der Waals surface area contributed by atoms with Crippen LogP contribution in [-0.4, -0.2) is 30.3 Å². The summed E-state index contributed by atoms with van der Waals surface area (Å²) < 4.78 is 5.21. The van der Waals surface area contributed by atoms with E-state index < -0.39 is 12.0 Å². The molecule has 0 heterocycles. The van der Waals surface area contributed by atoms with Crippen molar-refractivity contribution in [2.75, 3.05) is 6.61 Å². The summed E-state index contributed by atoms with van der Waals surface area (Å²) in [6, 6.07) is 6.39. The molecule has 0 aliphatic heterocycles. The van der Waals surface area contributed by atoms with E-state index in [0.29, 0.717) is 11.5 Å². The van der Waals surface area contributed by atoms with E-state index in [-0.39, 0.29) is 30.1 Å². The number of nitrogens with one attached hydrogen (secondary N) is 1. The Bertz CT molecular complexity index is 657. The maximum absolute atomic E-state index is 12.5. The SMILES string of the molecule is Cc1ccc(C(=O)COC(=O)C(NC(=O)C2CCC(C)CC2)C(C)C)cc1. The maximum atomic E-state index is 12.5. The van der Waals surface area contributed by atoms with Gasteiger partial charge in [-0.1, -0.05) is 50.6 Å². The van der Waals surface area contributed by atoms with Gasteiger partial charge in [-0.25, -0.2) is 4.79 Å². The Labute approximate surface area is 161 Å². The van der Waals surface area contributed by atoms with Gasteiger partial charge in [0.1, 0.15) is 6.04 Å². The summed E-state index contributed by atoms with van der Waals surface area (Å²) in [5, 5.41) is 2.85. The van der Waals surface area contributed by atoms with Crippen molar-refractivity contribution in [2.45, 2.75) is 59.4 Å². The molecular weight excluding hydrogens is 342 g/mol. The lowest BCUT2D eigenvalue weighted by atomic mass is 9.82. The van der Waals surface area contributed by atoms with Crippen LogP contribution in [0.25, 0.3) is 0 Å². The summed E-state index contributed by atoms with van der Waals surface area (Å²) in [4.78, 5) is 37.2. The Morgan fingerprint density at radius 1 is 1.07 bits per heavy atom. The van der Waals surface area contributed by atoms with Crippen LogP contribution in [0.3, 0.4) is 0 Å². The van der Waals surface area contributed by atoms with Crippen molar-refractivity contribution in [3.8, 4) is 0 Å². The highest BCUT2D eigenvalue weighted by molar-refractivity contribution is 5.98. The van der Waals surface area contributed by atoms with Gasteiger partial charge >= 0.3 is 5.97 Å². The number of Topliss-reactive ketones (excluding diaryl/α,β-unsaturated/α-hetero) is 1. The van der Waals surface area contributed by atoms with Crippen LogP contribution in [0.2, 0.25) is 0 Å². The first-order chi connectivity index (χ1) is 12.8. The fraction of sp³-hybridized carbons (Fsp3) is 0.591. The van der Waals surface area contributed by atoms with Crippen LogP contribution < -0.4 is 5.32 Å². The van der Waals surface area contributed by atoms with E-state index in [9.17, 15) is 14.4 Å². The largest absolute Gasteiger partial charge is 0.456 e. The van der Waals surface area contributed by atoms with Crippen LogP contribution in [0.15, 0.2) is 24.3 Å². The van der Waals surface area contributed by atoms with E-state index in [4.69, 9.17) is 4.74 Å². The number of carbonyl (C=O) groups excluding carboxylic acids is 3. The molecule has 1 N–H and O–H groups in total. The van der Waals surface area contributed by atoms with E-state index in [1.54, 1.807) is 12.1 Å². The molecule has 0 radical (unpaired) electrons. The number of hydrogen-bond donors (Lipinski definition) is 1. The first-order valence-corrected chi connectivity index (χ1v) is 9.84. The van der Waals surface area contributed by atoms with Crippen molar-refractivity contribution in [1.82, 2.24) is 5.32 Å². The van der Waals surface area contributed by atoms with E-state index in [1.165, 1.54) is 0 Å². The molecule has 1 aromatic carbocycles. The summed E-state index contributed by atoms with van der Waals surface area (Å²) in [6.07, 6.45) is 3.80. The molecule has 5 nitrogen and oxygen atoms in total. The van der Waals surface area contributed by atoms with Crippen LogP contribution in [0, 0.1) is 24.7 Å². The lowest BCUT2D eigenvalue weighted by Crippen LogP contribution is -2.48. The Morgan fingerprint density at radius 3 is 2.22 bits per heavy atom. The number of ketones is 1. The molecule has 27 heavy (non-hydrogen) atoms. The molecule has 148 valence electrons. The molecule has 2 rings (SSSR count). The number of esters is 1. The molecule has 1 aromatic rings. The van der Waals surface area contributed by atoms with Crippen molar-refractivity contribution in [2.24, 2.45) is 17.8 Å². The Balaban J connectivity index is 1.89. The predicted molar refractivity (Wildman–Crippen MR) is 104 cm³/mol. The number of carbonyl (C=O) groups is 3. The molecule has 0 aromatic heterocycles. The first-order valence-electron chi connectivity index (χ1n) is 9.84. The highest BCUT2D eigenvalue weighted by Crippen LogP contribution is 2.28. The molecule has 0 saturated heterocycles. The van der Waals surface area contributed by atoms with Crippen molar-refractivity contribution in [3.05, 3.63) is 35.4 Å². The van der Waals surface area contributed by atoms with Crippen LogP contribution in [-0.2, 0) is 14.3 Å². The smallest absolute Gasteiger partial charge is 0.329 e. The van der Waals surface area contributed by atoms with E-state index in [1.807, 2.05) is 32.9 Å². The molecular formula is C22H31NO4. The average Bonchev–Trinajstić information content (AvgIpc) is 2.64. The van der Waals surface area contributed by atoms with Gasteiger partial charge in [-0.3, -0.25) is 9.59 Å². The van der Waals surface area contributed by atoms with Gasteiger partial charge in [0, 0.05) is 11.5 Å². The topological polar surface area (TPSA) is 72.5 Å².